The number of benzene rings is 1. The molecule has 114 valence electrons. The highest BCUT2D eigenvalue weighted by Crippen LogP contribution is 2.22. The number of nitrogens with two attached hydrogens (primary N) is 1. The zero-order valence-electron chi connectivity index (χ0n) is 12.4. The fraction of sp³-hybridized carbons (Fsp3) is 0.357. The van der Waals surface area contributed by atoms with Crippen LogP contribution in [0.3, 0.4) is 0 Å². The molecule has 1 aromatic carbocycles. The monoisotopic (exact) mass is 308 g/mol. The van der Waals surface area contributed by atoms with E-state index in [4.69, 9.17) is 5.73 Å². The summed E-state index contributed by atoms with van der Waals surface area (Å²) in [5, 5.41) is 0.0389. The van der Waals surface area contributed by atoms with E-state index in [0.717, 1.165) is 11.1 Å². The van der Waals surface area contributed by atoms with Gasteiger partial charge in [-0.3, -0.25) is 0 Å². The largest absolute Gasteiger partial charge is 0.381 e. The third-order valence-corrected chi connectivity index (χ3v) is 5.34. The average molecular weight is 308 g/mol. The smallest absolute Gasteiger partial charge is 0.262 e. The lowest BCUT2D eigenvalue weighted by atomic mass is 10.1. The molecule has 2 N–H and O–H groups in total. The maximum absolute atomic E-state index is 12.7. The second-order valence-electron chi connectivity index (χ2n) is 4.97. The highest BCUT2D eigenvalue weighted by atomic mass is 32.2. The van der Waals surface area contributed by atoms with Crippen molar-refractivity contribution >= 4 is 15.8 Å². The zero-order valence-corrected chi connectivity index (χ0v) is 13.3. The number of rotatable bonds is 5. The van der Waals surface area contributed by atoms with Crippen LogP contribution in [0.1, 0.15) is 18.1 Å². The van der Waals surface area contributed by atoms with E-state index in [1.807, 2.05) is 31.2 Å². The lowest BCUT2D eigenvalue weighted by Gasteiger charge is -2.21. The highest BCUT2D eigenvalue weighted by Gasteiger charge is 2.29. The third-order valence-electron chi connectivity index (χ3n) is 3.29. The highest BCUT2D eigenvalue weighted by molar-refractivity contribution is 7.89. The molecule has 1 aromatic heterocycles. The first-order chi connectivity index (χ1) is 9.86. The minimum absolute atomic E-state index is 0.0280. The summed E-state index contributed by atoms with van der Waals surface area (Å²) in [7, 11) is -2.05. The van der Waals surface area contributed by atoms with Gasteiger partial charge in [-0.1, -0.05) is 36.8 Å². The molecule has 0 atom stereocenters. The number of anilines is 1. The van der Waals surface area contributed by atoms with Gasteiger partial charge in [0.05, 0.1) is 6.33 Å². The number of nitrogen functional groups attached to an aromatic ring is 1. The average Bonchev–Trinajstić information content (AvgIpc) is 2.76. The van der Waals surface area contributed by atoms with Crippen LogP contribution in [0, 0.1) is 6.92 Å². The second kappa shape index (κ2) is 5.87. The Morgan fingerprint density at radius 1 is 1.38 bits per heavy atom. The van der Waals surface area contributed by atoms with Gasteiger partial charge < -0.3 is 10.3 Å². The molecule has 7 heteroatoms. The predicted molar refractivity (Wildman–Crippen MR) is 82.1 cm³/mol. The topological polar surface area (TPSA) is 81.2 Å². The van der Waals surface area contributed by atoms with Crippen LogP contribution in [0.2, 0.25) is 0 Å². The Labute approximate surface area is 125 Å². The molecule has 0 saturated heterocycles. The van der Waals surface area contributed by atoms with Gasteiger partial charge in [-0.2, -0.15) is 4.31 Å². The van der Waals surface area contributed by atoms with Crippen molar-refractivity contribution in [3.63, 3.8) is 0 Å². The van der Waals surface area contributed by atoms with Gasteiger partial charge in [0.15, 0.2) is 10.8 Å². The molecule has 1 heterocycles. The molecule has 0 aliphatic rings. The summed E-state index contributed by atoms with van der Waals surface area (Å²) in [6.45, 7) is 4.46. The lowest BCUT2D eigenvalue weighted by molar-refractivity contribution is 0.419. The zero-order chi connectivity index (χ0) is 15.6. The standard InChI is InChI=1S/C14H20N4O2S/c1-4-18(9-12-7-5-6-11(2)8-12)21(19,20)14-13(15)16-10-17(14)3/h5-8,10H,4,9,15H2,1-3H3. The summed E-state index contributed by atoms with van der Waals surface area (Å²) >= 11 is 0. The summed E-state index contributed by atoms with van der Waals surface area (Å²) in [4.78, 5) is 3.86. The van der Waals surface area contributed by atoms with E-state index in [9.17, 15) is 8.42 Å². The quantitative estimate of drug-likeness (QED) is 0.908. The fourth-order valence-corrected chi connectivity index (χ4v) is 3.89. The van der Waals surface area contributed by atoms with Crippen LogP contribution in [-0.2, 0) is 23.6 Å². The van der Waals surface area contributed by atoms with Crippen molar-refractivity contribution in [3.05, 3.63) is 41.7 Å². The first-order valence-corrected chi connectivity index (χ1v) is 8.12. The number of hydrogen-bond donors (Lipinski definition) is 1. The molecule has 0 aliphatic heterocycles. The number of nitrogens with zero attached hydrogens (tertiary/aromatic N) is 3. The van der Waals surface area contributed by atoms with Crippen LogP contribution >= 0.6 is 0 Å². The number of aromatic nitrogens is 2. The van der Waals surface area contributed by atoms with E-state index in [0.29, 0.717) is 13.1 Å². The van der Waals surface area contributed by atoms with Crippen LogP contribution in [0.15, 0.2) is 35.6 Å². The predicted octanol–water partition coefficient (Wildman–Crippen LogP) is 1.52. The molecule has 0 radical (unpaired) electrons. The number of sulfonamides is 1. The van der Waals surface area contributed by atoms with Gasteiger partial charge in [-0.25, -0.2) is 13.4 Å². The molecular weight excluding hydrogens is 288 g/mol. The Balaban J connectivity index is 2.37. The minimum Gasteiger partial charge on any atom is -0.381 e. The molecule has 2 aromatic rings. The van der Waals surface area contributed by atoms with Crippen LogP contribution in [0.4, 0.5) is 5.82 Å². The molecule has 0 fully saturated rings. The van der Waals surface area contributed by atoms with Gasteiger partial charge >= 0.3 is 0 Å². The van der Waals surface area contributed by atoms with Crippen molar-refractivity contribution < 1.29 is 8.42 Å². The van der Waals surface area contributed by atoms with Gasteiger partial charge in [0.1, 0.15) is 0 Å². The van der Waals surface area contributed by atoms with Crippen molar-refractivity contribution in [1.82, 2.24) is 13.9 Å². The van der Waals surface area contributed by atoms with Gasteiger partial charge in [0, 0.05) is 20.1 Å². The van der Waals surface area contributed by atoms with E-state index in [-0.39, 0.29) is 10.8 Å². The SMILES string of the molecule is CCN(Cc1cccc(C)c1)S(=O)(=O)c1c(N)ncn1C. The Morgan fingerprint density at radius 3 is 2.62 bits per heavy atom. The van der Waals surface area contributed by atoms with Gasteiger partial charge in [0.25, 0.3) is 10.0 Å². The summed E-state index contributed by atoms with van der Waals surface area (Å²) in [6.07, 6.45) is 1.41. The van der Waals surface area contributed by atoms with Crippen LogP contribution < -0.4 is 5.73 Å². The summed E-state index contributed by atoms with van der Waals surface area (Å²) in [5.74, 6) is 0.0280. The Bertz CT molecular complexity index is 718. The lowest BCUT2D eigenvalue weighted by Crippen LogP contribution is -2.32. The molecule has 0 aliphatic carbocycles. The van der Waals surface area contributed by atoms with Crippen molar-refractivity contribution in [1.29, 1.82) is 0 Å². The van der Waals surface area contributed by atoms with Gasteiger partial charge in [-0.05, 0) is 12.5 Å². The normalized spacial score (nSPS) is 12.0. The molecule has 21 heavy (non-hydrogen) atoms. The molecule has 0 amide bonds. The van der Waals surface area contributed by atoms with E-state index < -0.39 is 10.0 Å². The molecule has 2 rings (SSSR count). The van der Waals surface area contributed by atoms with Gasteiger partial charge in [0.2, 0.25) is 0 Å². The van der Waals surface area contributed by atoms with Crippen molar-refractivity contribution in [3.8, 4) is 0 Å². The number of aryl methyl sites for hydroxylation is 2. The van der Waals surface area contributed by atoms with Crippen LogP contribution in [-0.4, -0.2) is 28.8 Å². The molecule has 0 saturated carbocycles. The van der Waals surface area contributed by atoms with Crippen molar-refractivity contribution in [2.75, 3.05) is 12.3 Å². The Kier molecular flexibility index (Phi) is 4.34. The van der Waals surface area contributed by atoms with E-state index in [1.165, 1.54) is 15.2 Å². The maximum Gasteiger partial charge on any atom is 0.262 e. The fourth-order valence-electron chi connectivity index (χ4n) is 2.25. The molecule has 6 nitrogen and oxygen atoms in total. The van der Waals surface area contributed by atoms with Gasteiger partial charge in [-0.15, -0.1) is 0 Å². The van der Waals surface area contributed by atoms with E-state index >= 15 is 0 Å². The molecule has 0 unspecified atom stereocenters. The summed E-state index contributed by atoms with van der Waals surface area (Å²) in [5.41, 5.74) is 7.74. The summed E-state index contributed by atoms with van der Waals surface area (Å²) in [6, 6.07) is 7.79. The summed E-state index contributed by atoms with van der Waals surface area (Å²) < 4.78 is 28.3. The molecule has 0 bridgehead atoms. The number of hydrogen-bond acceptors (Lipinski definition) is 4. The maximum atomic E-state index is 12.7. The molecular formula is C14H20N4O2S. The first-order valence-electron chi connectivity index (χ1n) is 6.68. The third kappa shape index (κ3) is 3.08. The van der Waals surface area contributed by atoms with Crippen molar-refractivity contribution in [2.45, 2.75) is 25.4 Å². The van der Waals surface area contributed by atoms with E-state index in [1.54, 1.807) is 14.0 Å². The van der Waals surface area contributed by atoms with E-state index in [2.05, 4.69) is 4.98 Å². The Morgan fingerprint density at radius 2 is 2.10 bits per heavy atom. The minimum atomic E-state index is -3.67. The van der Waals surface area contributed by atoms with Crippen molar-refractivity contribution in [2.24, 2.45) is 7.05 Å². The first kappa shape index (κ1) is 15.5. The van der Waals surface area contributed by atoms with Crippen LogP contribution in [0.25, 0.3) is 0 Å². The Hall–Kier alpha value is -1.86. The number of imidazole rings is 1. The second-order valence-corrected chi connectivity index (χ2v) is 6.82. The van der Waals surface area contributed by atoms with Crippen LogP contribution in [0.5, 0.6) is 0 Å². The molecule has 0 spiro atoms.